The standard InChI is InChI=1S/C6H10O2/c1-2-5-8-6-3-4-7/h7H,3-4,6H2,1H3. The van der Waals surface area contributed by atoms with E-state index >= 15 is 0 Å². The summed E-state index contributed by atoms with van der Waals surface area (Å²) in [6, 6.07) is 0. The first-order chi connectivity index (χ1) is 3.91. The van der Waals surface area contributed by atoms with Crippen LogP contribution in [0.4, 0.5) is 0 Å². The summed E-state index contributed by atoms with van der Waals surface area (Å²) in [4.78, 5) is 0. The van der Waals surface area contributed by atoms with Crippen LogP contribution in [0, 0.1) is 12.0 Å². The van der Waals surface area contributed by atoms with Gasteiger partial charge in [0.15, 0.2) is 0 Å². The first kappa shape index (κ1) is 7.32. The summed E-state index contributed by atoms with van der Waals surface area (Å²) < 4.78 is 4.70. The highest BCUT2D eigenvalue weighted by Gasteiger charge is 1.78. The fourth-order valence-electron chi connectivity index (χ4n) is 0.260. The van der Waals surface area contributed by atoms with Gasteiger partial charge in [0, 0.05) is 20.0 Å². The van der Waals surface area contributed by atoms with E-state index in [1.807, 2.05) is 0 Å². The number of rotatable bonds is 3. The molecule has 0 heterocycles. The number of hydrogen-bond donors (Lipinski definition) is 1. The fourth-order valence-corrected chi connectivity index (χ4v) is 0.260. The van der Waals surface area contributed by atoms with Crippen molar-refractivity contribution in [3.05, 3.63) is 0 Å². The lowest BCUT2D eigenvalue weighted by Crippen LogP contribution is -1.90. The second kappa shape index (κ2) is 6.32. The third kappa shape index (κ3) is 5.32. The summed E-state index contributed by atoms with van der Waals surface area (Å²) in [5.74, 6) is 2.57. The average molecular weight is 114 g/mol. The van der Waals surface area contributed by atoms with Crippen molar-refractivity contribution < 1.29 is 9.84 Å². The summed E-state index contributed by atoms with van der Waals surface area (Å²) in [6.07, 6.45) is 3.08. The van der Waals surface area contributed by atoms with Gasteiger partial charge in [-0.2, -0.15) is 0 Å². The monoisotopic (exact) mass is 114 g/mol. The van der Waals surface area contributed by atoms with E-state index < -0.39 is 0 Å². The normalized spacial score (nSPS) is 7.25. The topological polar surface area (TPSA) is 29.5 Å². The molecule has 0 saturated heterocycles. The average Bonchev–Trinajstić information content (AvgIpc) is 1.81. The maximum absolute atomic E-state index is 8.24. The summed E-state index contributed by atoms with van der Waals surface area (Å²) in [5, 5.41) is 8.24. The van der Waals surface area contributed by atoms with Crippen molar-refractivity contribution in [2.45, 2.75) is 13.3 Å². The second-order valence-electron chi connectivity index (χ2n) is 1.28. The predicted octanol–water partition coefficient (Wildman–Crippen LogP) is 0.366. The van der Waals surface area contributed by atoms with Crippen LogP contribution in [0.25, 0.3) is 0 Å². The van der Waals surface area contributed by atoms with Crippen LogP contribution >= 0.6 is 0 Å². The van der Waals surface area contributed by atoms with Gasteiger partial charge in [-0.1, -0.05) is 5.92 Å². The number of aliphatic hydroxyl groups excluding tert-OH is 1. The number of hydrogen-bond acceptors (Lipinski definition) is 2. The molecule has 1 N–H and O–H groups in total. The zero-order valence-electron chi connectivity index (χ0n) is 4.98. The molecule has 0 radical (unpaired) electrons. The van der Waals surface area contributed by atoms with Crippen molar-refractivity contribution in [2.24, 2.45) is 0 Å². The molecule has 0 unspecified atom stereocenters. The van der Waals surface area contributed by atoms with Crippen LogP contribution < -0.4 is 0 Å². The maximum atomic E-state index is 8.24. The lowest BCUT2D eigenvalue weighted by Gasteiger charge is -1.90. The Kier molecular flexibility index (Phi) is 5.78. The Morgan fingerprint density at radius 3 is 2.88 bits per heavy atom. The first-order valence-electron chi connectivity index (χ1n) is 2.56. The molecule has 46 valence electrons. The van der Waals surface area contributed by atoms with E-state index in [1.165, 1.54) is 0 Å². The molecule has 0 amide bonds. The number of ether oxygens (including phenoxy) is 1. The molecule has 0 aromatic heterocycles. The number of aliphatic hydroxyl groups is 1. The smallest absolute Gasteiger partial charge is 0.109 e. The molecule has 0 aliphatic carbocycles. The Hall–Kier alpha value is -0.680. The minimum Gasteiger partial charge on any atom is -0.447 e. The van der Waals surface area contributed by atoms with Crippen LogP contribution in [0.3, 0.4) is 0 Å². The van der Waals surface area contributed by atoms with E-state index in [2.05, 4.69) is 12.0 Å². The highest BCUT2D eigenvalue weighted by molar-refractivity contribution is 4.84. The van der Waals surface area contributed by atoms with Crippen molar-refractivity contribution in [1.29, 1.82) is 0 Å². The lowest BCUT2D eigenvalue weighted by molar-refractivity contribution is 0.214. The fraction of sp³-hybridized carbons (Fsp3) is 0.667. The zero-order valence-corrected chi connectivity index (χ0v) is 4.98. The Morgan fingerprint density at radius 1 is 1.62 bits per heavy atom. The van der Waals surface area contributed by atoms with Gasteiger partial charge in [-0.3, -0.25) is 0 Å². The Morgan fingerprint density at radius 2 is 2.38 bits per heavy atom. The van der Waals surface area contributed by atoms with Crippen molar-refractivity contribution in [1.82, 2.24) is 0 Å². The molecule has 0 aliphatic rings. The van der Waals surface area contributed by atoms with Gasteiger partial charge < -0.3 is 9.84 Å². The van der Waals surface area contributed by atoms with Crippen molar-refractivity contribution in [3.8, 4) is 12.0 Å². The van der Waals surface area contributed by atoms with Crippen molar-refractivity contribution in [2.75, 3.05) is 13.2 Å². The second-order valence-corrected chi connectivity index (χ2v) is 1.28. The van der Waals surface area contributed by atoms with Crippen LogP contribution in [-0.2, 0) is 4.74 Å². The predicted molar refractivity (Wildman–Crippen MR) is 31.1 cm³/mol. The minimum atomic E-state index is 0.172. The molecule has 0 bridgehead atoms. The lowest BCUT2D eigenvalue weighted by atomic mass is 10.5. The van der Waals surface area contributed by atoms with Gasteiger partial charge in [-0.15, -0.1) is 0 Å². The highest BCUT2D eigenvalue weighted by Crippen LogP contribution is 1.76. The van der Waals surface area contributed by atoms with Crippen LogP contribution in [-0.4, -0.2) is 18.3 Å². The maximum Gasteiger partial charge on any atom is 0.109 e. The van der Waals surface area contributed by atoms with Crippen LogP contribution in [0.1, 0.15) is 13.3 Å². The molecule has 0 fully saturated rings. The van der Waals surface area contributed by atoms with Crippen LogP contribution in [0.5, 0.6) is 0 Å². The van der Waals surface area contributed by atoms with E-state index in [0.29, 0.717) is 13.0 Å². The van der Waals surface area contributed by atoms with Gasteiger partial charge in [0.25, 0.3) is 0 Å². The van der Waals surface area contributed by atoms with Gasteiger partial charge in [0.2, 0.25) is 0 Å². The van der Waals surface area contributed by atoms with Gasteiger partial charge in [0.1, 0.15) is 12.7 Å². The molecule has 0 aromatic carbocycles. The van der Waals surface area contributed by atoms with Crippen molar-refractivity contribution >= 4 is 0 Å². The molecule has 2 nitrogen and oxygen atoms in total. The quantitative estimate of drug-likeness (QED) is 0.424. The Bertz CT molecular complexity index is 88.4. The summed E-state index contributed by atoms with van der Waals surface area (Å²) in [6.45, 7) is 2.40. The van der Waals surface area contributed by atoms with E-state index in [9.17, 15) is 0 Å². The van der Waals surface area contributed by atoms with Gasteiger partial charge in [-0.25, -0.2) is 0 Å². The molecule has 0 atom stereocenters. The molecule has 0 rings (SSSR count). The summed E-state index contributed by atoms with van der Waals surface area (Å²) >= 11 is 0. The van der Waals surface area contributed by atoms with E-state index in [4.69, 9.17) is 9.84 Å². The molecule has 0 saturated carbocycles. The Labute approximate surface area is 49.5 Å². The first-order valence-corrected chi connectivity index (χ1v) is 2.56. The molecule has 0 aromatic rings. The van der Waals surface area contributed by atoms with E-state index in [1.54, 1.807) is 6.92 Å². The van der Waals surface area contributed by atoms with Crippen LogP contribution in [0.2, 0.25) is 0 Å². The van der Waals surface area contributed by atoms with Crippen LogP contribution in [0.15, 0.2) is 0 Å². The largest absolute Gasteiger partial charge is 0.447 e. The van der Waals surface area contributed by atoms with Crippen molar-refractivity contribution in [3.63, 3.8) is 0 Å². The Balaban J connectivity index is 2.79. The summed E-state index contributed by atoms with van der Waals surface area (Å²) in [5.41, 5.74) is 0. The van der Waals surface area contributed by atoms with Gasteiger partial charge in [-0.05, 0) is 0 Å². The minimum absolute atomic E-state index is 0.172. The van der Waals surface area contributed by atoms with Gasteiger partial charge in [0.05, 0.1) is 0 Å². The van der Waals surface area contributed by atoms with E-state index in [-0.39, 0.29) is 6.61 Å². The molecular formula is C6H10O2. The van der Waals surface area contributed by atoms with Gasteiger partial charge >= 0.3 is 0 Å². The molecule has 0 aliphatic heterocycles. The molecular weight excluding hydrogens is 104 g/mol. The summed E-state index contributed by atoms with van der Waals surface area (Å²) in [7, 11) is 0. The molecule has 2 heteroatoms. The third-order valence-electron chi connectivity index (χ3n) is 0.579. The highest BCUT2D eigenvalue weighted by atomic mass is 16.5. The molecule has 8 heavy (non-hydrogen) atoms. The molecule has 0 spiro atoms. The van der Waals surface area contributed by atoms with E-state index in [0.717, 1.165) is 0 Å². The zero-order chi connectivity index (χ0) is 6.24. The third-order valence-corrected chi connectivity index (χ3v) is 0.579. The SMILES string of the molecule is CC#COCCCO.